The lowest BCUT2D eigenvalue weighted by Gasteiger charge is -2.44. The molecule has 0 amide bonds. The van der Waals surface area contributed by atoms with E-state index in [0.29, 0.717) is 16.6 Å². The summed E-state index contributed by atoms with van der Waals surface area (Å²) in [5.41, 5.74) is -0.915. The summed E-state index contributed by atoms with van der Waals surface area (Å²) in [5.74, 6) is 1.63. The highest BCUT2D eigenvalue weighted by molar-refractivity contribution is 6.77. The van der Waals surface area contributed by atoms with Gasteiger partial charge in [-0.15, -0.1) is 12.3 Å². The Morgan fingerprint density at radius 3 is 2.03 bits per heavy atom. The predicted octanol–water partition coefficient (Wildman–Crippen LogP) is 5.63. The first-order valence-electron chi connectivity index (χ1n) is 11.6. The van der Waals surface area contributed by atoms with Gasteiger partial charge >= 0.3 is 11.9 Å². The molecule has 0 spiro atoms. The van der Waals surface area contributed by atoms with Crippen LogP contribution in [-0.2, 0) is 23.5 Å². The molecule has 0 N–H and O–H groups in total. The van der Waals surface area contributed by atoms with Crippen LogP contribution >= 0.6 is 0 Å². The number of hydrogen-bond acceptors (Lipinski definition) is 5. The van der Waals surface area contributed by atoms with Gasteiger partial charge in [-0.25, -0.2) is 0 Å². The molecule has 0 unspecified atom stereocenters. The molecular formula is C26H40O5Si. The van der Waals surface area contributed by atoms with Crippen LogP contribution in [0.5, 0.6) is 0 Å². The molecular weight excluding hydrogens is 420 g/mol. The molecule has 6 heteroatoms. The molecule has 178 valence electrons. The number of ether oxygens (including phenoxy) is 2. The van der Waals surface area contributed by atoms with Crippen molar-refractivity contribution in [1.29, 1.82) is 0 Å². The van der Waals surface area contributed by atoms with Gasteiger partial charge in [-0.1, -0.05) is 60.6 Å². The zero-order valence-corrected chi connectivity index (χ0v) is 22.2. The van der Waals surface area contributed by atoms with Gasteiger partial charge in [-0.2, -0.15) is 0 Å². The molecule has 0 fully saturated rings. The van der Waals surface area contributed by atoms with Gasteiger partial charge in [-0.3, -0.25) is 9.59 Å². The van der Waals surface area contributed by atoms with Crippen molar-refractivity contribution in [2.75, 3.05) is 14.2 Å². The minimum atomic E-state index is -2.23. The van der Waals surface area contributed by atoms with Crippen LogP contribution in [0.3, 0.4) is 0 Å². The fourth-order valence-corrected chi connectivity index (χ4v) is 11.8. The maximum Gasteiger partial charge on any atom is 0.324 e. The number of carbonyl (C=O) groups excluding carboxylic acids is 2. The standard InChI is InChI=1S/C26H40O5Si/c1-11-14-26(23(27)29-9,24(28)30-10)22-16-21(20-13-12-15-25(20,22)8)31-32(17(2)3,18(4)5)19(6)7/h1,12,15-20,22H,13-14H2,2-10H3/t20-,22-,25-/m0/s1. The molecule has 0 aliphatic heterocycles. The minimum absolute atomic E-state index is 0.0436. The second kappa shape index (κ2) is 9.47. The van der Waals surface area contributed by atoms with Crippen molar-refractivity contribution >= 4 is 20.3 Å². The number of allylic oxidation sites excluding steroid dienone is 4. The second-order valence-corrected chi connectivity index (χ2v) is 15.7. The smallest absolute Gasteiger partial charge is 0.324 e. The van der Waals surface area contributed by atoms with E-state index < -0.39 is 37.0 Å². The molecule has 32 heavy (non-hydrogen) atoms. The zero-order valence-electron chi connectivity index (χ0n) is 21.2. The van der Waals surface area contributed by atoms with E-state index in [9.17, 15) is 9.59 Å². The molecule has 0 saturated carbocycles. The van der Waals surface area contributed by atoms with Gasteiger partial charge in [0.05, 0.1) is 20.0 Å². The third kappa shape index (κ3) is 3.73. The first-order valence-corrected chi connectivity index (χ1v) is 13.7. The molecule has 0 saturated heterocycles. The Balaban J connectivity index is 2.72. The van der Waals surface area contributed by atoms with Gasteiger partial charge in [0, 0.05) is 23.7 Å². The summed E-state index contributed by atoms with van der Waals surface area (Å²) in [5, 5.41) is 0. The topological polar surface area (TPSA) is 61.8 Å². The molecule has 0 aromatic heterocycles. The normalized spacial score (nSPS) is 25.0. The van der Waals surface area contributed by atoms with E-state index in [1.807, 2.05) is 6.08 Å². The Bertz CT molecular complexity index is 794. The van der Waals surface area contributed by atoms with Crippen molar-refractivity contribution in [2.45, 2.75) is 77.9 Å². The van der Waals surface area contributed by atoms with Crippen LogP contribution in [0.2, 0.25) is 16.6 Å². The number of terminal acetylenes is 1. The van der Waals surface area contributed by atoms with Crippen molar-refractivity contribution < 1.29 is 23.5 Å². The fraction of sp³-hybridized carbons (Fsp3) is 0.692. The van der Waals surface area contributed by atoms with E-state index in [1.54, 1.807) is 0 Å². The predicted molar refractivity (Wildman–Crippen MR) is 129 cm³/mol. The average Bonchev–Trinajstić information content (AvgIpc) is 3.24. The van der Waals surface area contributed by atoms with E-state index in [2.05, 4.69) is 66.5 Å². The minimum Gasteiger partial charge on any atom is -0.546 e. The van der Waals surface area contributed by atoms with E-state index in [0.717, 1.165) is 12.2 Å². The number of hydrogen-bond donors (Lipinski definition) is 0. The average molecular weight is 461 g/mol. The summed E-state index contributed by atoms with van der Waals surface area (Å²) in [6.45, 7) is 15.6. The van der Waals surface area contributed by atoms with Gasteiger partial charge in [0.1, 0.15) is 0 Å². The summed E-state index contributed by atoms with van der Waals surface area (Å²) in [6, 6.07) is 0. The molecule has 0 heterocycles. The lowest BCUT2D eigenvalue weighted by molar-refractivity contribution is -0.174. The van der Waals surface area contributed by atoms with Crippen LogP contribution in [0.25, 0.3) is 0 Å². The Morgan fingerprint density at radius 2 is 1.62 bits per heavy atom. The van der Waals surface area contributed by atoms with E-state index in [-0.39, 0.29) is 12.3 Å². The monoisotopic (exact) mass is 460 g/mol. The Morgan fingerprint density at radius 1 is 1.12 bits per heavy atom. The lowest BCUT2D eigenvalue weighted by atomic mass is 9.61. The summed E-state index contributed by atoms with van der Waals surface area (Å²) in [7, 11) is 0.333. The summed E-state index contributed by atoms with van der Waals surface area (Å²) in [6.07, 6.45) is 12.6. The molecule has 5 nitrogen and oxygen atoms in total. The van der Waals surface area contributed by atoms with Crippen LogP contribution < -0.4 is 0 Å². The summed E-state index contributed by atoms with van der Waals surface area (Å²) >= 11 is 0. The SMILES string of the molecule is C#CCC(C(=O)OC)(C(=O)OC)[C@H]1C=C(O[Si](C(C)C)(C(C)C)C(C)C)[C@@H]2CC=C[C@]12C. The largest absolute Gasteiger partial charge is 0.546 e. The van der Waals surface area contributed by atoms with Gasteiger partial charge < -0.3 is 13.9 Å². The zero-order chi connectivity index (χ0) is 24.5. The summed E-state index contributed by atoms with van der Waals surface area (Å²) in [4.78, 5) is 26.3. The maximum atomic E-state index is 13.2. The van der Waals surface area contributed by atoms with Crippen LogP contribution in [0.1, 0.15) is 61.3 Å². The third-order valence-electron chi connectivity index (χ3n) is 7.96. The van der Waals surface area contributed by atoms with Crippen LogP contribution in [0, 0.1) is 35.0 Å². The van der Waals surface area contributed by atoms with Crippen LogP contribution in [0.15, 0.2) is 24.0 Å². The molecule has 2 aliphatic carbocycles. The third-order valence-corrected chi connectivity index (χ3v) is 14.0. The summed E-state index contributed by atoms with van der Waals surface area (Å²) < 4.78 is 17.4. The van der Waals surface area contributed by atoms with E-state index in [1.165, 1.54) is 14.2 Å². The number of methoxy groups -OCH3 is 2. The maximum absolute atomic E-state index is 13.2. The Hall–Kier alpha value is -2.00. The molecule has 3 atom stereocenters. The number of fused-ring (bicyclic) bond motifs is 1. The molecule has 0 aromatic carbocycles. The quantitative estimate of drug-likeness (QED) is 0.147. The van der Waals surface area contributed by atoms with Gasteiger partial charge in [0.15, 0.2) is 5.41 Å². The highest BCUT2D eigenvalue weighted by Gasteiger charge is 2.64. The van der Waals surface area contributed by atoms with Crippen molar-refractivity contribution in [3.63, 3.8) is 0 Å². The molecule has 2 aliphatic rings. The molecule has 0 bridgehead atoms. The lowest BCUT2D eigenvalue weighted by Crippen LogP contribution is -2.51. The number of carbonyl (C=O) groups is 2. The van der Waals surface area contributed by atoms with Crippen molar-refractivity contribution in [1.82, 2.24) is 0 Å². The van der Waals surface area contributed by atoms with Crippen LogP contribution in [-0.4, -0.2) is 34.5 Å². The Labute approximate surface area is 195 Å². The first kappa shape index (κ1) is 26.3. The van der Waals surface area contributed by atoms with Crippen molar-refractivity contribution in [3.8, 4) is 12.3 Å². The number of rotatable bonds is 9. The Kier molecular flexibility index (Phi) is 7.77. The van der Waals surface area contributed by atoms with Gasteiger partial charge in [0.25, 0.3) is 8.32 Å². The van der Waals surface area contributed by atoms with Gasteiger partial charge in [0.2, 0.25) is 0 Å². The molecule has 0 radical (unpaired) electrons. The molecule has 2 rings (SSSR count). The number of esters is 2. The van der Waals surface area contributed by atoms with Crippen LogP contribution in [0.4, 0.5) is 0 Å². The highest BCUT2D eigenvalue weighted by Crippen LogP contribution is 2.61. The highest BCUT2D eigenvalue weighted by atomic mass is 28.4. The first-order chi connectivity index (χ1) is 14.9. The van der Waals surface area contributed by atoms with Crippen molar-refractivity contribution in [3.05, 3.63) is 24.0 Å². The second-order valence-electron chi connectivity index (χ2n) is 10.4. The van der Waals surface area contributed by atoms with Crippen molar-refractivity contribution in [2.24, 2.45) is 22.7 Å². The molecule has 0 aromatic rings. The van der Waals surface area contributed by atoms with E-state index >= 15 is 0 Å². The fourth-order valence-electron chi connectivity index (χ4n) is 6.48. The van der Waals surface area contributed by atoms with Gasteiger partial charge in [-0.05, 0) is 29.1 Å². The van der Waals surface area contributed by atoms with E-state index in [4.69, 9.17) is 20.3 Å².